The van der Waals surface area contributed by atoms with Crippen molar-refractivity contribution >= 4 is 15.7 Å². The minimum Gasteiger partial charge on any atom is -0.388 e. The number of nitrogens with zero attached hydrogens (tertiary/aromatic N) is 1. The van der Waals surface area contributed by atoms with Gasteiger partial charge < -0.3 is 5.11 Å². The Hall–Kier alpha value is -1.85. The molecule has 23 heavy (non-hydrogen) atoms. The number of hydrogen-bond acceptors (Lipinski definition) is 3. The lowest BCUT2D eigenvalue weighted by Gasteiger charge is -2.33. The summed E-state index contributed by atoms with van der Waals surface area (Å²) in [6.45, 7) is 5.91. The van der Waals surface area contributed by atoms with Gasteiger partial charge >= 0.3 is 0 Å². The van der Waals surface area contributed by atoms with E-state index in [1.54, 1.807) is 19.1 Å². The first-order chi connectivity index (χ1) is 10.8. The van der Waals surface area contributed by atoms with Gasteiger partial charge in [-0.2, -0.15) is 0 Å². The van der Waals surface area contributed by atoms with E-state index in [0.29, 0.717) is 22.6 Å². The smallest absolute Gasteiger partial charge is 0.264 e. The van der Waals surface area contributed by atoms with Gasteiger partial charge in [-0.25, -0.2) is 8.42 Å². The molecule has 0 saturated carbocycles. The van der Waals surface area contributed by atoms with Crippen LogP contribution >= 0.6 is 0 Å². The molecular formula is C18H21NO3S. The topological polar surface area (TPSA) is 57.6 Å². The van der Waals surface area contributed by atoms with Gasteiger partial charge in [0.1, 0.15) is 0 Å². The zero-order valence-electron chi connectivity index (χ0n) is 13.6. The fraction of sp³-hybridized carbons (Fsp3) is 0.333. The van der Waals surface area contributed by atoms with Crippen molar-refractivity contribution in [2.24, 2.45) is 0 Å². The van der Waals surface area contributed by atoms with E-state index in [2.05, 4.69) is 0 Å². The van der Waals surface area contributed by atoms with Crippen LogP contribution in [-0.4, -0.2) is 20.1 Å². The third-order valence-electron chi connectivity index (χ3n) is 4.33. The number of aliphatic hydroxyl groups excluding tert-OH is 1. The second-order valence-electron chi connectivity index (χ2n) is 6.21. The first-order valence-corrected chi connectivity index (χ1v) is 9.13. The SMILES string of the molecule is Cc1ccc2c(c1)C(O)CCN2S(=O)(=O)c1cc(C)ccc1C. The molecule has 1 N–H and O–H groups in total. The molecule has 2 aromatic carbocycles. The fourth-order valence-corrected chi connectivity index (χ4v) is 4.86. The molecule has 1 atom stereocenters. The van der Waals surface area contributed by atoms with E-state index >= 15 is 0 Å². The molecule has 1 aliphatic heterocycles. The monoisotopic (exact) mass is 331 g/mol. The van der Waals surface area contributed by atoms with Crippen LogP contribution in [0.4, 0.5) is 5.69 Å². The zero-order chi connectivity index (χ0) is 16.8. The number of benzene rings is 2. The summed E-state index contributed by atoms with van der Waals surface area (Å²) in [6.07, 6.45) is -0.212. The van der Waals surface area contributed by atoms with Crippen LogP contribution in [0.5, 0.6) is 0 Å². The van der Waals surface area contributed by atoms with Crippen molar-refractivity contribution in [3.05, 3.63) is 58.7 Å². The van der Waals surface area contributed by atoms with E-state index < -0.39 is 16.1 Å². The van der Waals surface area contributed by atoms with Gasteiger partial charge in [-0.1, -0.05) is 29.8 Å². The lowest BCUT2D eigenvalue weighted by molar-refractivity contribution is 0.166. The van der Waals surface area contributed by atoms with Gasteiger partial charge in [0.2, 0.25) is 0 Å². The molecule has 1 heterocycles. The Kier molecular flexibility index (Phi) is 3.94. The van der Waals surface area contributed by atoms with Crippen LogP contribution in [0.25, 0.3) is 0 Å². The fourth-order valence-electron chi connectivity index (χ4n) is 3.04. The van der Waals surface area contributed by atoms with Crippen molar-refractivity contribution in [2.75, 3.05) is 10.8 Å². The van der Waals surface area contributed by atoms with Crippen molar-refractivity contribution in [2.45, 2.75) is 38.2 Å². The van der Waals surface area contributed by atoms with Crippen LogP contribution in [0.15, 0.2) is 41.3 Å². The first-order valence-electron chi connectivity index (χ1n) is 7.69. The lowest BCUT2D eigenvalue weighted by atomic mass is 9.99. The Morgan fingerprint density at radius 2 is 1.70 bits per heavy atom. The summed E-state index contributed by atoms with van der Waals surface area (Å²) >= 11 is 0. The highest BCUT2D eigenvalue weighted by Gasteiger charge is 2.33. The second-order valence-corrected chi connectivity index (χ2v) is 8.04. The first kappa shape index (κ1) is 16.0. The molecule has 5 heteroatoms. The normalized spacial score (nSPS) is 17.9. The Morgan fingerprint density at radius 3 is 2.43 bits per heavy atom. The molecule has 0 amide bonds. The van der Waals surface area contributed by atoms with Crippen molar-refractivity contribution in [3.8, 4) is 0 Å². The molecule has 0 aromatic heterocycles. The van der Waals surface area contributed by atoms with Gasteiger partial charge in [0.25, 0.3) is 10.0 Å². The predicted octanol–water partition coefficient (Wildman–Crippen LogP) is 3.24. The van der Waals surface area contributed by atoms with E-state index in [1.165, 1.54) is 4.31 Å². The summed E-state index contributed by atoms with van der Waals surface area (Å²) in [5, 5.41) is 10.2. The molecule has 3 rings (SSSR count). The number of anilines is 1. The number of rotatable bonds is 2. The maximum Gasteiger partial charge on any atom is 0.264 e. The lowest BCUT2D eigenvalue weighted by Crippen LogP contribution is -2.37. The zero-order valence-corrected chi connectivity index (χ0v) is 14.4. The van der Waals surface area contributed by atoms with Gasteiger partial charge in [0, 0.05) is 12.1 Å². The van der Waals surface area contributed by atoms with Gasteiger partial charge in [-0.05, 0) is 50.5 Å². The van der Waals surface area contributed by atoms with Crippen molar-refractivity contribution in [1.29, 1.82) is 0 Å². The Balaban J connectivity index is 2.15. The average Bonchev–Trinajstić information content (AvgIpc) is 2.50. The molecule has 1 unspecified atom stereocenters. The van der Waals surface area contributed by atoms with Crippen molar-refractivity contribution in [1.82, 2.24) is 0 Å². The van der Waals surface area contributed by atoms with Crippen LogP contribution in [0.2, 0.25) is 0 Å². The number of fused-ring (bicyclic) bond motifs is 1. The molecule has 0 aliphatic carbocycles. The minimum absolute atomic E-state index is 0.285. The van der Waals surface area contributed by atoms with E-state index in [-0.39, 0.29) is 6.54 Å². The molecule has 0 radical (unpaired) electrons. The van der Waals surface area contributed by atoms with E-state index in [1.807, 2.05) is 38.1 Å². The van der Waals surface area contributed by atoms with Crippen LogP contribution in [-0.2, 0) is 10.0 Å². The van der Waals surface area contributed by atoms with E-state index in [9.17, 15) is 13.5 Å². The summed E-state index contributed by atoms with van der Waals surface area (Å²) in [5.41, 5.74) is 3.92. The molecular weight excluding hydrogens is 310 g/mol. The quantitative estimate of drug-likeness (QED) is 0.919. The summed E-state index contributed by atoms with van der Waals surface area (Å²) in [7, 11) is -3.64. The molecule has 2 aromatic rings. The van der Waals surface area contributed by atoms with Crippen LogP contribution in [0.3, 0.4) is 0 Å². The van der Waals surface area contributed by atoms with Crippen LogP contribution in [0.1, 0.15) is 34.8 Å². The molecule has 1 aliphatic rings. The standard InChI is InChI=1S/C18H21NO3S/c1-12-5-7-16-15(10-12)17(20)8-9-19(16)23(21,22)18-11-13(2)4-6-14(18)3/h4-7,10-11,17,20H,8-9H2,1-3H3. The Labute approximate surface area is 137 Å². The summed E-state index contributed by atoms with van der Waals surface area (Å²) in [5.74, 6) is 0. The molecule has 122 valence electrons. The predicted molar refractivity (Wildman–Crippen MR) is 91.2 cm³/mol. The van der Waals surface area contributed by atoms with Crippen LogP contribution in [0, 0.1) is 20.8 Å². The van der Waals surface area contributed by atoms with Crippen molar-refractivity contribution < 1.29 is 13.5 Å². The molecule has 0 saturated heterocycles. The Bertz CT molecular complexity index is 859. The number of aliphatic hydroxyl groups is 1. The molecule has 0 fully saturated rings. The largest absolute Gasteiger partial charge is 0.388 e. The third-order valence-corrected chi connectivity index (χ3v) is 6.28. The highest BCUT2D eigenvalue weighted by Crippen LogP contribution is 2.38. The molecule has 0 spiro atoms. The maximum atomic E-state index is 13.2. The molecule has 0 bridgehead atoms. The average molecular weight is 331 g/mol. The van der Waals surface area contributed by atoms with Crippen LogP contribution < -0.4 is 4.31 Å². The maximum absolute atomic E-state index is 13.2. The third kappa shape index (κ3) is 2.75. The van der Waals surface area contributed by atoms with Gasteiger partial charge in [-0.15, -0.1) is 0 Å². The van der Waals surface area contributed by atoms with E-state index in [0.717, 1.165) is 16.7 Å². The van der Waals surface area contributed by atoms with Gasteiger partial charge in [-0.3, -0.25) is 4.31 Å². The number of hydrogen-bond donors (Lipinski definition) is 1. The Morgan fingerprint density at radius 1 is 1.04 bits per heavy atom. The summed E-state index contributed by atoms with van der Waals surface area (Å²) in [4.78, 5) is 0.334. The van der Waals surface area contributed by atoms with Gasteiger partial charge in [0.05, 0.1) is 16.7 Å². The second kappa shape index (κ2) is 5.65. The molecule has 4 nitrogen and oxygen atoms in total. The van der Waals surface area contributed by atoms with Gasteiger partial charge in [0.15, 0.2) is 0 Å². The summed E-state index contributed by atoms with van der Waals surface area (Å²) in [6, 6.07) is 11.0. The highest BCUT2D eigenvalue weighted by molar-refractivity contribution is 7.92. The summed E-state index contributed by atoms with van der Waals surface area (Å²) < 4.78 is 27.7. The van der Waals surface area contributed by atoms with Crippen molar-refractivity contribution in [3.63, 3.8) is 0 Å². The highest BCUT2D eigenvalue weighted by atomic mass is 32.2. The minimum atomic E-state index is -3.64. The number of sulfonamides is 1. The number of aryl methyl sites for hydroxylation is 3. The van der Waals surface area contributed by atoms with E-state index in [4.69, 9.17) is 0 Å².